The molecule has 0 radical (unpaired) electrons. The minimum atomic E-state index is -0.961. The highest BCUT2D eigenvalue weighted by molar-refractivity contribution is 8.30. The zero-order valence-corrected chi connectivity index (χ0v) is 20.4. The smallest absolute Gasteiger partial charge is 0.307 e. The number of carboxylic acids is 2. The van der Waals surface area contributed by atoms with E-state index in [4.69, 9.17) is 34.6 Å². The molecule has 0 spiro atoms. The number of nitrogens with zero attached hydrogens (tertiary/aromatic N) is 2. The summed E-state index contributed by atoms with van der Waals surface area (Å²) in [5, 5.41) is 17.8. The monoisotopic (exact) mass is 530 g/mol. The summed E-state index contributed by atoms with van der Waals surface area (Å²) in [6, 6.07) is 12.9. The van der Waals surface area contributed by atoms with Crippen LogP contribution in [0.5, 0.6) is 0 Å². The summed E-state index contributed by atoms with van der Waals surface area (Å²) in [4.78, 5) is 51.1. The van der Waals surface area contributed by atoms with Gasteiger partial charge in [-0.3, -0.25) is 29.0 Å². The van der Waals surface area contributed by atoms with Crippen LogP contribution in [-0.2, 0) is 32.0 Å². The number of aliphatic carboxylic acids is 2. The van der Waals surface area contributed by atoms with Crippen molar-refractivity contribution in [3.8, 4) is 0 Å². The van der Waals surface area contributed by atoms with Gasteiger partial charge in [-0.2, -0.15) is 0 Å². The Morgan fingerprint density at radius 1 is 0.676 bits per heavy atom. The first kappa shape index (κ1) is 24.1. The van der Waals surface area contributed by atoms with Crippen LogP contribution >= 0.6 is 48.0 Å². The zero-order chi connectivity index (χ0) is 24.6. The van der Waals surface area contributed by atoms with Gasteiger partial charge in [0.1, 0.15) is 0 Å². The summed E-state index contributed by atoms with van der Waals surface area (Å²) >= 11 is 12.8. The third-order valence-electron chi connectivity index (χ3n) is 4.84. The van der Waals surface area contributed by atoms with Crippen LogP contribution in [0.1, 0.15) is 11.1 Å². The number of thioether (sulfide) groups is 2. The summed E-state index contributed by atoms with van der Waals surface area (Å²) in [5.41, 5.74) is 2.10. The van der Waals surface area contributed by atoms with Crippen molar-refractivity contribution >= 4 is 91.7 Å². The number of carbonyl (C=O) groups is 4. The molecule has 0 aliphatic carbocycles. The minimum Gasteiger partial charge on any atom is -0.481 e. The maximum absolute atomic E-state index is 13.2. The Balaban J connectivity index is 1.59. The Morgan fingerprint density at radius 3 is 1.29 bits per heavy atom. The first-order valence-electron chi connectivity index (χ1n) is 9.64. The first-order chi connectivity index (χ1) is 16.2. The van der Waals surface area contributed by atoms with Crippen molar-refractivity contribution < 1.29 is 29.4 Å². The first-order valence-corrected chi connectivity index (χ1v) is 12.1. The second kappa shape index (κ2) is 9.66. The minimum absolute atomic E-state index is 0.140. The lowest BCUT2D eigenvalue weighted by Gasteiger charge is -2.15. The Bertz CT molecular complexity index is 1190. The van der Waals surface area contributed by atoms with E-state index >= 15 is 0 Å². The lowest BCUT2D eigenvalue weighted by Crippen LogP contribution is -2.29. The van der Waals surface area contributed by atoms with Crippen molar-refractivity contribution in [1.29, 1.82) is 0 Å². The van der Waals surface area contributed by atoms with Crippen LogP contribution < -0.4 is 9.80 Å². The number of hydrogen-bond acceptors (Lipinski definition) is 8. The fraction of sp³-hybridized carbons (Fsp3) is 0.0909. The summed E-state index contributed by atoms with van der Waals surface area (Å²) < 4.78 is 0.489. The van der Waals surface area contributed by atoms with Crippen molar-refractivity contribution in [3.63, 3.8) is 0 Å². The van der Waals surface area contributed by atoms with Crippen LogP contribution in [0.25, 0.3) is 0 Å². The van der Waals surface area contributed by atoms with Gasteiger partial charge in [0.05, 0.1) is 34.0 Å². The van der Waals surface area contributed by atoms with Gasteiger partial charge in [-0.1, -0.05) is 72.2 Å². The number of rotatable bonds is 6. The summed E-state index contributed by atoms with van der Waals surface area (Å²) in [7, 11) is 0. The number of hydrogen-bond donors (Lipinski definition) is 2. The molecule has 0 aromatic heterocycles. The molecule has 0 atom stereocenters. The fourth-order valence-corrected chi connectivity index (χ4v) is 6.08. The van der Waals surface area contributed by atoms with Crippen LogP contribution in [-0.4, -0.2) is 42.6 Å². The van der Waals surface area contributed by atoms with E-state index in [1.165, 1.54) is 9.80 Å². The molecular weight excluding hydrogens is 517 g/mol. The number of thiocarbonyl (C=S) groups is 2. The van der Waals surface area contributed by atoms with E-state index in [2.05, 4.69) is 0 Å². The Morgan fingerprint density at radius 2 is 1.00 bits per heavy atom. The predicted molar refractivity (Wildman–Crippen MR) is 138 cm³/mol. The highest BCUT2D eigenvalue weighted by Crippen LogP contribution is 2.44. The van der Waals surface area contributed by atoms with Crippen LogP contribution in [0, 0.1) is 0 Å². The van der Waals surface area contributed by atoms with E-state index in [1.54, 1.807) is 48.5 Å². The predicted octanol–water partition coefficient (Wildman–Crippen LogP) is 3.58. The van der Waals surface area contributed by atoms with Crippen LogP contribution in [0.4, 0.5) is 11.4 Å². The lowest BCUT2D eigenvalue weighted by molar-refractivity contribution is -0.137. The Hall–Kier alpha value is -3.06. The van der Waals surface area contributed by atoms with Crippen LogP contribution in [0.3, 0.4) is 0 Å². The molecule has 0 unspecified atom stereocenters. The molecule has 0 bridgehead atoms. The van der Waals surface area contributed by atoms with Gasteiger partial charge < -0.3 is 10.2 Å². The molecule has 2 N–H and O–H groups in total. The molecule has 0 saturated carbocycles. The van der Waals surface area contributed by atoms with Gasteiger partial charge in [-0.05, 0) is 35.4 Å². The quantitative estimate of drug-likeness (QED) is 0.424. The molecule has 2 aliphatic rings. The lowest BCUT2D eigenvalue weighted by atomic mass is 10.1. The Labute approximate surface area is 212 Å². The second-order valence-corrected chi connectivity index (χ2v) is 10.4. The van der Waals surface area contributed by atoms with E-state index in [-0.39, 0.29) is 31.3 Å². The molecule has 2 fully saturated rings. The maximum atomic E-state index is 13.2. The largest absolute Gasteiger partial charge is 0.481 e. The molecule has 2 aromatic carbocycles. The number of carboxylic acid groups (broad SMARTS) is 2. The molecule has 2 aromatic rings. The summed E-state index contributed by atoms with van der Waals surface area (Å²) in [6.07, 6.45) is -0.281. The topological polar surface area (TPSA) is 115 Å². The molecular formula is C22H14N2O6S4. The molecule has 12 heteroatoms. The third kappa shape index (κ3) is 4.75. The number of benzene rings is 2. The average Bonchev–Trinajstić information content (AvgIpc) is 3.23. The van der Waals surface area contributed by atoms with Crippen molar-refractivity contribution in [2.24, 2.45) is 0 Å². The second-order valence-electron chi connectivity index (χ2n) is 7.15. The van der Waals surface area contributed by atoms with Gasteiger partial charge in [0.25, 0.3) is 11.8 Å². The van der Waals surface area contributed by atoms with Gasteiger partial charge in [0.2, 0.25) is 0 Å². The van der Waals surface area contributed by atoms with Crippen molar-refractivity contribution in [2.75, 3.05) is 9.80 Å². The summed E-state index contributed by atoms with van der Waals surface area (Å²) in [6.45, 7) is 0. The number of anilines is 2. The molecule has 2 amide bonds. The van der Waals surface area contributed by atoms with Crippen LogP contribution in [0.2, 0.25) is 0 Å². The van der Waals surface area contributed by atoms with Gasteiger partial charge in [-0.15, -0.1) is 0 Å². The molecule has 2 aliphatic heterocycles. The fourth-order valence-electron chi connectivity index (χ4n) is 3.33. The highest BCUT2D eigenvalue weighted by atomic mass is 32.2. The van der Waals surface area contributed by atoms with E-state index in [1.807, 2.05) is 0 Å². The van der Waals surface area contributed by atoms with Crippen LogP contribution in [0.15, 0.2) is 58.3 Å². The van der Waals surface area contributed by atoms with E-state index < -0.39 is 23.8 Å². The highest BCUT2D eigenvalue weighted by Gasteiger charge is 2.43. The SMILES string of the molecule is O=C(O)Cc1ccc(N2C(=O)C(=C3SC(=S)N(c4ccc(CC(=O)O)cc4)C3=O)SC2=S)cc1. The molecule has 34 heavy (non-hydrogen) atoms. The molecule has 8 nitrogen and oxygen atoms in total. The standard InChI is InChI=1S/C22H14N2O6S4/c25-15(26)9-11-1-5-13(6-2-11)23-19(29)17(33-21(23)31)18-20(30)24(22(32)34-18)14-7-3-12(4-8-14)10-16(27)28/h1-8H,9-10H2,(H,25,26)(H,27,28). The average molecular weight is 531 g/mol. The molecule has 4 rings (SSSR count). The summed E-state index contributed by atoms with van der Waals surface area (Å²) in [5.74, 6) is -2.84. The Kier molecular flexibility index (Phi) is 6.84. The molecule has 2 saturated heterocycles. The normalized spacial score (nSPS) is 18.2. The van der Waals surface area contributed by atoms with Crippen molar-refractivity contribution in [3.05, 3.63) is 69.5 Å². The number of amides is 2. The van der Waals surface area contributed by atoms with Gasteiger partial charge >= 0.3 is 11.9 Å². The zero-order valence-electron chi connectivity index (χ0n) is 17.1. The molecule has 172 valence electrons. The third-order valence-corrected chi connectivity index (χ3v) is 7.72. The van der Waals surface area contributed by atoms with Gasteiger partial charge in [0, 0.05) is 0 Å². The molecule has 2 heterocycles. The number of carbonyl (C=O) groups excluding carboxylic acids is 2. The van der Waals surface area contributed by atoms with Crippen molar-refractivity contribution in [1.82, 2.24) is 0 Å². The van der Waals surface area contributed by atoms with Gasteiger partial charge in [-0.25, -0.2) is 0 Å². The van der Waals surface area contributed by atoms with Gasteiger partial charge in [0.15, 0.2) is 8.64 Å². The maximum Gasteiger partial charge on any atom is 0.307 e. The van der Waals surface area contributed by atoms with E-state index in [9.17, 15) is 19.2 Å². The van der Waals surface area contributed by atoms with E-state index in [0.717, 1.165) is 23.5 Å². The van der Waals surface area contributed by atoms with Crippen molar-refractivity contribution in [2.45, 2.75) is 12.8 Å². The van der Waals surface area contributed by atoms with E-state index in [0.29, 0.717) is 22.5 Å².